The summed E-state index contributed by atoms with van der Waals surface area (Å²) >= 11 is 14.0. The molecule has 176 valence electrons. The lowest BCUT2D eigenvalue weighted by atomic mass is 9.93. The number of thiazole rings is 1. The van der Waals surface area contributed by atoms with Gasteiger partial charge in [0, 0.05) is 28.7 Å². The number of methoxy groups -OCH3 is 2. The van der Waals surface area contributed by atoms with E-state index >= 15 is 0 Å². The fourth-order valence-corrected chi connectivity index (χ4v) is 5.23. The Balaban J connectivity index is 1.77. The van der Waals surface area contributed by atoms with Gasteiger partial charge < -0.3 is 14.4 Å². The van der Waals surface area contributed by atoms with Crippen LogP contribution in [-0.4, -0.2) is 43.1 Å². The van der Waals surface area contributed by atoms with E-state index in [-0.39, 0.29) is 5.91 Å². The Morgan fingerprint density at radius 3 is 2.50 bits per heavy atom. The second-order valence-corrected chi connectivity index (χ2v) is 9.70. The topological polar surface area (TPSA) is 51.7 Å². The Hall–Kier alpha value is -2.80. The third-order valence-corrected chi connectivity index (χ3v) is 7.15. The molecule has 1 amide bonds. The molecular formula is C26H24Cl2N2O3S. The van der Waals surface area contributed by atoms with Crippen LogP contribution in [0.25, 0.3) is 17.2 Å². The Morgan fingerprint density at radius 1 is 1.09 bits per heavy atom. The van der Waals surface area contributed by atoms with E-state index in [1.54, 1.807) is 32.5 Å². The van der Waals surface area contributed by atoms with Crippen molar-refractivity contribution in [1.29, 1.82) is 0 Å². The molecule has 1 aliphatic rings. The summed E-state index contributed by atoms with van der Waals surface area (Å²) in [5.74, 6) is 1.24. The van der Waals surface area contributed by atoms with Gasteiger partial charge in [0.2, 0.25) is 0 Å². The maximum absolute atomic E-state index is 12.8. The molecule has 0 atom stereocenters. The number of rotatable bonds is 7. The molecule has 1 fully saturated rings. The lowest BCUT2D eigenvalue weighted by Crippen LogP contribution is -2.26. The number of aromatic nitrogens is 1. The van der Waals surface area contributed by atoms with Gasteiger partial charge in [-0.15, -0.1) is 11.3 Å². The highest BCUT2D eigenvalue weighted by atomic mass is 35.5. The zero-order valence-electron chi connectivity index (χ0n) is 18.9. The van der Waals surface area contributed by atoms with E-state index in [0.29, 0.717) is 37.0 Å². The molecule has 4 rings (SSSR count). The van der Waals surface area contributed by atoms with Crippen LogP contribution in [0.5, 0.6) is 11.5 Å². The van der Waals surface area contributed by atoms with Gasteiger partial charge >= 0.3 is 0 Å². The standard InChI is InChI=1S/C26H24Cl2N2O3S/c1-16(19-8-7-18(27)13-21(19)28)20(17-6-9-22(32-2)23(12-17)33-3)14-25-29-15-24(34-25)26(31)30-10-4-5-11-30/h6-9,12-15H,1,4-5,10-11H2,2-3H3. The van der Waals surface area contributed by atoms with Crippen molar-refractivity contribution in [3.63, 3.8) is 0 Å². The normalized spacial score (nSPS) is 13.8. The quantitative estimate of drug-likeness (QED) is 0.320. The number of likely N-dealkylation sites (tertiary alicyclic amines) is 1. The monoisotopic (exact) mass is 514 g/mol. The minimum atomic E-state index is 0.0295. The van der Waals surface area contributed by atoms with E-state index in [2.05, 4.69) is 11.6 Å². The van der Waals surface area contributed by atoms with Gasteiger partial charge in [0.1, 0.15) is 9.88 Å². The van der Waals surface area contributed by atoms with Crippen molar-refractivity contribution in [1.82, 2.24) is 9.88 Å². The molecule has 34 heavy (non-hydrogen) atoms. The number of carbonyl (C=O) groups excluding carboxylic acids is 1. The van der Waals surface area contributed by atoms with Crippen molar-refractivity contribution in [2.24, 2.45) is 0 Å². The summed E-state index contributed by atoms with van der Waals surface area (Å²) < 4.78 is 10.9. The number of halogens is 2. The Bertz CT molecular complexity index is 1260. The first-order valence-electron chi connectivity index (χ1n) is 10.7. The molecule has 1 aromatic heterocycles. The number of hydrogen-bond donors (Lipinski definition) is 0. The summed E-state index contributed by atoms with van der Waals surface area (Å²) in [6.07, 6.45) is 5.65. The van der Waals surface area contributed by atoms with Gasteiger partial charge in [0.15, 0.2) is 11.5 Å². The van der Waals surface area contributed by atoms with Gasteiger partial charge in [0.25, 0.3) is 5.91 Å². The second-order valence-electron chi connectivity index (χ2n) is 7.79. The van der Waals surface area contributed by atoms with Crippen molar-refractivity contribution < 1.29 is 14.3 Å². The number of ether oxygens (including phenoxy) is 2. The Kier molecular flexibility index (Phi) is 7.61. The molecule has 0 saturated carbocycles. The average Bonchev–Trinajstić information content (AvgIpc) is 3.54. The van der Waals surface area contributed by atoms with Gasteiger partial charge in [-0.05, 0) is 59.9 Å². The van der Waals surface area contributed by atoms with Crippen LogP contribution in [0.15, 0.2) is 49.2 Å². The van der Waals surface area contributed by atoms with E-state index in [1.807, 2.05) is 35.2 Å². The summed E-state index contributed by atoms with van der Waals surface area (Å²) in [4.78, 5) is 19.8. The fourth-order valence-electron chi connectivity index (χ4n) is 3.88. The van der Waals surface area contributed by atoms with Crippen molar-refractivity contribution in [2.45, 2.75) is 12.8 Å². The summed E-state index contributed by atoms with van der Waals surface area (Å²) in [5, 5.41) is 1.73. The summed E-state index contributed by atoms with van der Waals surface area (Å²) in [6.45, 7) is 5.92. The lowest BCUT2D eigenvalue weighted by Gasteiger charge is -2.15. The van der Waals surface area contributed by atoms with Crippen LogP contribution < -0.4 is 9.47 Å². The van der Waals surface area contributed by atoms with Gasteiger partial charge in [-0.3, -0.25) is 4.79 Å². The van der Waals surface area contributed by atoms with E-state index in [0.717, 1.165) is 42.6 Å². The van der Waals surface area contributed by atoms with Crippen molar-refractivity contribution >= 4 is 57.7 Å². The molecule has 2 aromatic carbocycles. The smallest absolute Gasteiger partial charge is 0.265 e. The van der Waals surface area contributed by atoms with Crippen molar-refractivity contribution in [3.05, 3.63) is 80.2 Å². The molecule has 0 radical (unpaired) electrons. The number of allylic oxidation sites excluding steroid dienone is 2. The third-order valence-electron chi connectivity index (χ3n) is 5.67. The third kappa shape index (κ3) is 5.14. The van der Waals surface area contributed by atoms with Crippen molar-refractivity contribution in [2.75, 3.05) is 27.3 Å². The number of amides is 1. The first-order chi connectivity index (χ1) is 16.4. The van der Waals surface area contributed by atoms with Crippen molar-refractivity contribution in [3.8, 4) is 11.5 Å². The van der Waals surface area contributed by atoms with Gasteiger partial charge in [-0.25, -0.2) is 4.98 Å². The first kappa shape index (κ1) is 24.3. The molecule has 2 heterocycles. The Labute approximate surface area is 213 Å². The molecule has 5 nitrogen and oxygen atoms in total. The van der Waals surface area contributed by atoms with Gasteiger partial charge in [0.05, 0.1) is 20.4 Å². The predicted molar refractivity (Wildman–Crippen MR) is 140 cm³/mol. The maximum Gasteiger partial charge on any atom is 0.265 e. The fraction of sp³-hybridized carbons (Fsp3) is 0.231. The molecule has 0 aliphatic carbocycles. The van der Waals surface area contributed by atoms with Crippen LogP contribution in [-0.2, 0) is 0 Å². The summed E-state index contributed by atoms with van der Waals surface area (Å²) in [5.41, 5.74) is 3.07. The van der Waals surface area contributed by atoms with Crippen LogP contribution in [0.2, 0.25) is 10.0 Å². The maximum atomic E-state index is 12.8. The number of nitrogens with zero attached hydrogens (tertiary/aromatic N) is 2. The summed E-state index contributed by atoms with van der Waals surface area (Å²) in [7, 11) is 3.18. The highest BCUT2D eigenvalue weighted by Crippen LogP contribution is 2.39. The second kappa shape index (κ2) is 10.6. The van der Waals surface area contributed by atoms with E-state index < -0.39 is 0 Å². The molecule has 1 aliphatic heterocycles. The Morgan fingerprint density at radius 2 is 1.82 bits per heavy atom. The molecule has 0 N–H and O–H groups in total. The largest absolute Gasteiger partial charge is 0.493 e. The molecule has 8 heteroatoms. The highest BCUT2D eigenvalue weighted by molar-refractivity contribution is 7.14. The molecule has 1 saturated heterocycles. The molecule has 0 spiro atoms. The van der Waals surface area contributed by atoms with Crippen LogP contribution in [0, 0.1) is 0 Å². The van der Waals surface area contributed by atoms with Crippen LogP contribution in [0.1, 0.15) is 38.6 Å². The molecule has 0 unspecified atom stereocenters. The number of hydrogen-bond acceptors (Lipinski definition) is 5. The number of carbonyl (C=O) groups is 1. The zero-order chi connectivity index (χ0) is 24.2. The zero-order valence-corrected chi connectivity index (χ0v) is 21.3. The van der Waals surface area contributed by atoms with Gasteiger partial charge in [-0.1, -0.05) is 41.9 Å². The summed E-state index contributed by atoms with van der Waals surface area (Å²) in [6, 6.07) is 10.9. The SMILES string of the molecule is C=C(C(=Cc1ncc(C(=O)N2CCCC2)s1)c1ccc(OC)c(OC)c1)c1ccc(Cl)cc1Cl. The van der Waals surface area contributed by atoms with E-state index in [1.165, 1.54) is 11.3 Å². The predicted octanol–water partition coefficient (Wildman–Crippen LogP) is 6.96. The van der Waals surface area contributed by atoms with Crippen LogP contribution in [0.3, 0.4) is 0 Å². The first-order valence-corrected chi connectivity index (χ1v) is 12.3. The minimum Gasteiger partial charge on any atom is -0.493 e. The highest BCUT2D eigenvalue weighted by Gasteiger charge is 2.22. The van der Waals surface area contributed by atoms with Crippen LogP contribution >= 0.6 is 34.5 Å². The van der Waals surface area contributed by atoms with E-state index in [9.17, 15) is 4.79 Å². The average molecular weight is 515 g/mol. The van der Waals surface area contributed by atoms with E-state index in [4.69, 9.17) is 32.7 Å². The molecule has 3 aromatic rings. The lowest BCUT2D eigenvalue weighted by molar-refractivity contribution is 0.0797. The number of benzene rings is 2. The van der Waals surface area contributed by atoms with Gasteiger partial charge in [-0.2, -0.15) is 0 Å². The molecule has 0 bridgehead atoms. The molecular weight excluding hydrogens is 491 g/mol. The van der Waals surface area contributed by atoms with Crippen LogP contribution in [0.4, 0.5) is 0 Å². The minimum absolute atomic E-state index is 0.0295.